The monoisotopic (exact) mass is 574 g/mol. The number of aryl methyl sites for hydroxylation is 2. The molecule has 4 aromatic carbocycles. The first-order chi connectivity index (χ1) is 19.9. The second kappa shape index (κ2) is 11.4. The molecule has 6 N–H and O–H groups in total. The molecule has 0 aromatic heterocycles. The largest absolute Gasteiger partial charge is 0.507 e. The average molecular weight is 575 g/mol. The van der Waals surface area contributed by atoms with Gasteiger partial charge in [0.1, 0.15) is 11.5 Å². The fourth-order valence-corrected chi connectivity index (χ4v) is 6.12. The van der Waals surface area contributed by atoms with Crippen LogP contribution >= 0.6 is 0 Å². The van der Waals surface area contributed by atoms with E-state index in [4.69, 9.17) is 0 Å². The van der Waals surface area contributed by atoms with Crippen molar-refractivity contribution in [1.29, 1.82) is 0 Å². The number of aromatic hydroxyl groups is 6. The van der Waals surface area contributed by atoms with E-state index in [9.17, 15) is 40.2 Å². The van der Waals surface area contributed by atoms with E-state index in [1.54, 1.807) is 26.0 Å². The quantitative estimate of drug-likeness (QED) is 0.0878. The van der Waals surface area contributed by atoms with E-state index < -0.39 is 23.0 Å². The maximum atomic E-state index is 12.2. The summed E-state index contributed by atoms with van der Waals surface area (Å²) in [6.45, 7) is 11.4. The van der Waals surface area contributed by atoms with E-state index in [-0.39, 0.29) is 56.4 Å². The molecule has 8 nitrogen and oxygen atoms in total. The number of carbonyl (C=O) groups is 2. The highest BCUT2D eigenvalue weighted by atomic mass is 16.3. The van der Waals surface area contributed by atoms with Crippen molar-refractivity contribution in [3.8, 4) is 45.6 Å². The van der Waals surface area contributed by atoms with Crippen molar-refractivity contribution in [2.24, 2.45) is 0 Å². The van der Waals surface area contributed by atoms with Crippen molar-refractivity contribution in [2.75, 3.05) is 0 Å². The fourth-order valence-electron chi connectivity index (χ4n) is 6.12. The molecule has 4 rings (SSSR count). The van der Waals surface area contributed by atoms with Crippen LogP contribution in [0.25, 0.3) is 32.7 Å². The zero-order chi connectivity index (χ0) is 31.2. The lowest BCUT2D eigenvalue weighted by Crippen LogP contribution is -2.05. The molecule has 0 aliphatic heterocycles. The van der Waals surface area contributed by atoms with E-state index in [1.807, 2.05) is 27.7 Å². The molecule has 4 aromatic rings. The first-order valence-corrected chi connectivity index (χ1v) is 14.4. The summed E-state index contributed by atoms with van der Waals surface area (Å²) in [5.74, 6) is -3.20. The Kier molecular flexibility index (Phi) is 8.30. The molecule has 0 aliphatic carbocycles. The second-order valence-electron chi connectivity index (χ2n) is 11.0. The molecule has 222 valence electrons. The van der Waals surface area contributed by atoms with Crippen molar-refractivity contribution in [3.05, 3.63) is 45.5 Å². The third-order valence-electron chi connectivity index (χ3n) is 8.86. The third-order valence-corrected chi connectivity index (χ3v) is 8.86. The highest BCUT2D eigenvalue weighted by Crippen LogP contribution is 2.55. The van der Waals surface area contributed by atoms with Gasteiger partial charge in [-0.15, -0.1) is 0 Å². The van der Waals surface area contributed by atoms with Crippen molar-refractivity contribution in [2.45, 2.75) is 79.1 Å². The van der Waals surface area contributed by atoms with Crippen LogP contribution < -0.4 is 0 Å². The Labute approximate surface area is 244 Å². The van der Waals surface area contributed by atoms with Gasteiger partial charge >= 0.3 is 0 Å². The number of phenolic OH excluding ortho intramolecular Hbond substituents is 6. The molecular weight excluding hydrogens is 536 g/mol. The van der Waals surface area contributed by atoms with Crippen LogP contribution in [0.4, 0.5) is 0 Å². The molecule has 2 unspecified atom stereocenters. The maximum absolute atomic E-state index is 12.2. The first kappa shape index (κ1) is 30.5. The zero-order valence-electron chi connectivity index (χ0n) is 24.8. The first-order valence-electron chi connectivity index (χ1n) is 14.4. The minimum atomic E-state index is -0.645. The number of benzene rings is 4. The lowest BCUT2D eigenvalue weighted by molar-refractivity contribution is 0.111. The van der Waals surface area contributed by atoms with Gasteiger partial charge in [0.05, 0.1) is 11.1 Å². The third kappa shape index (κ3) is 4.28. The van der Waals surface area contributed by atoms with Crippen LogP contribution in [0.1, 0.15) is 109 Å². The molecular formula is C34H38O8. The van der Waals surface area contributed by atoms with Gasteiger partial charge in [0, 0.05) is 33.0 Å². The van der Waals surface area contributed by atoms with E-state index >= 15 is 0 Å². The van der Waals surface area contributed by atoms with Crippen LogP contribution in [-0.4, -0.2) is 43.2 Å². The van der Waals surface area contributed by atoms with Gasteiger partial charge in [0.25, 0.3) is 0 Å². The van der Waals surface area contributed by atoms with Crippen molar-refractivity contribution < 1.29 is 40.2 Å². The Morgan fingerprint density at radius 2 is 0.905 bits per heavy atom. The van der Waals surface area contributed by atoms with Crippen LogP contribution in [0.15, 0.2) is 12.1 Å². The summed E-state index contributed by atoms with van der Waals surface area (Å²) in [5.41, 5.74) is 1.86. The number of hydrogen-bond acceptors (Lipinski definition) is 8. The SMILES string of the molecule is CCc1c(O)c(O)c(C=O)c2c(O)c(-c3c(C(C)CC)cc4c(CC)c(O)c(O)c(C=O)c4c3O)c(C(C)CC)cc12. The summed E-state index contributed by atoms with van der Waals surface area (Å²) in [6, 6.07) is 3.56. The highest BCUT2D eigenvalue weighted by Gasteiger charge is 2.31. The molecule has 0 saturated heterocycles. The van der Waals surface area contributed by atoms with Gasteiger partial charge in [-0.05, 0) is 71.6 Å². The topological polar surface area (TPSA) is 156 Å². The number of rotatable bonds is 9. The van der Waals surface area contributed by atoms with Gasteiger partial charge in [0.2, 0.25) is 0 Å². The van der Waals surface area contributed by atoms with Crippen molar-refractivity contribution >= 4 is 34.1 Å². The van der Waals surface area contributed by atoms with Gasteiger partial charge in [-0.25, -0.2) is 0 Å². The normalized spacial score (nSPS) is 13.0. The smallest absolute Gasteiger partial charge is 0.169 e. The molecule has 2 atom stereocenters. The van der Waals surface area contributed by atoms with Gasteiger partial charge in [-0.3, -0.25) is 9.59 Å². The van der Waals surface area contributed by atoms with Crippen LogP contribution in [0.2, 0.25) is 0 Å². The molecule has 42 heavy (non-hydrogen) atoms. The molecule has 0 fully saturated rings. The number of phenols is 6. The van der Waals surface area contributed by atoms with Crippen LogP contribution in [0.3, 0.4) is 0 Å². The Hall–Kier alpha value is -4.46. The molecule has 0 heterocycles. The molecule has 0 saturated carbocycles. The van der Waals surface area contributed by atoms with Crippen LogP contribution in [0, 0.1) is 0 Å². The number of carbonyl (C=O) groups excluding carboxylic acids is 2. The standard InChI is InChI=1S/C34H38O8/c1-7-15(5)19-11-21-17(9-3)29(37)31(39)23(13-35)25(21)33(41)27(19)28-20(16(6)8-2)12-22-18(10-4)30(38)32(40)24(14-36)26(22)34(28)42/h11-16,37-42H,7-10H2,1-6H3. The lowest BCUT2D eigenvalue weighted by Gasteiger charge is -2.26. The van der Waals surface area contributed by atoms with Gasteiger partial charge < -0.3 is 30.6 Å². The van der Waals surface area contributed by atoms with Gasteiger partial charge in [-0.1, -0.05) is 41.5 Å². The van der Waals surface area contributed by atoms with Crippen LogP contribution in [0.5, 0.6) is 34.5 Å². The Balaban J connectivity index is 2.40. The fraction of sp³-hybridized carbons (Fsp3) is 0.353. The van der Waals surface area contributed by atoms with Crippen molar-refractivity contribution in [3.63, 3.8) is 0 Å². The molecule has 0 radical (unpaired) electrons. The summed E-state index contributed by atoms with van der Waals surface area (Å²) in [7, 11) is 0. The summed E-state index contributed by atoms with van der Waals surface area (Å²) >= 11 is 0. The average Bonchev–Trinajstić information content (AvgIpc) is 2.98. The van der Waals surface area contributed by atoms with Crippen molar-refractivity contribution in [1.82, 2.24) is 0 Å². The van der Waals surface area contributed by atoms with Gasteiger partial charge in [-0.2, -0.15) is 0 Å². The zero-order valence-corrected chi connectivity index (χ0v) is 24.8. The molecule has 0 bridgehead atoms. The summed E-state index contributed by atoms with van der Waals surface area (Å²) in [4.78, 5) is 24.5. The van der Waals surface area contributed by atoms with Crippen LogP contribution in [-0.2, 0) is 12.8 Å². The molecule has 0 aliphatic rings. The Bertz CT molecular complexity index is 1620. The Morgan fingerprint density at radius 3 is 1.17 bits per heavy atom. The summed E-state index contributed by atoms with van der Waals surface area (Å²) < 4.78 is 0. The molecule has 0 amide bonds. The molecule has 8 heteroatoms. The number of aldehydes is 2. The van der Waals surface area contributed by atoms with Gasteiger partial charge in [0.15, 0.2) is 35.6 Å². The Morgan fingerprint density at radius 1 is 0.571 bits per heavy atom. The number of hydrogen-bond donors (Lipinski definition) is 6. The maximum Gasteiger partial charge on any atom is 0.169 e. The molecule has 0 spiro atoms. The summed E-state index contributed by atoms with van der Waals surface area (Å²) in [6.07, 6.45) is 2.64. The predicted molar refractivity (Wildman–Crippen MR) is 164 cm³/mol. The van der Waals surface area contributed by atoms with E-state index in [2.05, 4.69) is 0 Å². The minimum Gasteiger partial charge on any atom is -0.507 e. The van der Waals surface area contributed by atoms with E-state index in [0.29, 0.717) is 71.3 Å². The van der Waals surface area contributed by atoms with E-state index in [1.165, 1.54) is 0 Å². The lowest BCUT2D eigenvalue weighted by atomic mass is 9.79. The number of fused-ring (bicyclic) bond motifs is 2. The second-order valence-corrected chi connectivity index (χ2v) is 11.0. The van der Waals surface area contributed by atoms with E-state index in [0.717, 1.165) is 0 Å². The predicted octanol–water partition coefficient (Wildman–Crippen LogP) is 7.67. The minimum absolute atomic E-state index is 0.0345. The highest BCUT2D eigenvalue weighted by molar-refractivity contribution is 6.14. The summed E-state index contributed by atoms with van der Waals surface area (Å²) in [5, 5.41) is 67.9.